The van der Waals surface area contributed by atoms with Gasteiger partial charge in [-0.25, -0.2) is 9.18 Å². The Morgan fingerprint density at radius 2 is 1.94 bits per heavy atom. The molecule has 1 saturated heterocycles. The minimum absolute atomic E-state index is 0.0480. The van der Waals surface area contributed by atoms with E-state index in [0.29, 0.717) is 23.1 Å². The van der Waals surface area contributed by atoms with Crippen molar-refractivity contribution in [2.75, 3.05) is 11.9 Å². The third-order valence-corrected chi connectivity index (χ3v) is 5.90. The Morgan fingerprint density at radius 1 is 1.15 bits per heavy atom. The molecule has 11 heteroatoms. The van der Waals surface area contributed by atoms with Gasteiger partial charge in [-0.1, -0.05) is 17.7 Å². The maximum absolute atomic E-state index is 13.3. The maximum atomic E-state index is 13.3. The van der Waals surface area contributed by atoms with E-state index in [1.54, 1.807) is 18.2 Å². The second-order valence-electron chi connectivity index (χ2n) is 7.03. The van der Waals surface area contributed by atoms with Gasteiger partial charge in [0.15, 0.2) is 0 Å². The van der Waals surface area contributed by atoms with Crippen LogP contribution in [0.2, 0.25) is 5.02 Å². The van der Waals surface area contributed by atoms with Crippen LogP contribution >= 0.6 is 23.4 Å². The van der Waals surface area contributed by atoms with Crippen molar-refractivity contribution in [2.24, 2.45) is 0 Å². The number of carbonyl (C=O) groups is 4. The molecule has 0 saturated carbocycles. The summed E-state index contributed by atoms with van der Waals surface area (Å²) in [5, 5.41) is 11.1. The molecule has 1 aliphatic heterocycles. The molecule has 0 spiro atoms. The van der Waals surface area contributed by atoms with Gasteiger partial charge in [-0.05, 0) is 60.3 Å². The van der Waals surface area contributed by atoms with Crippen LogP contribution in [-0.2, 0) is 9.59 Å². The minimum Gasteiger partial charge on any atom is -0.478 e. The second-order valence-corrected chi connectivity index (χ2v) is 8.43. The zero-order valence-electron chi connectivity index (χ0n) is 17.1. The predicted molar refractivity (Wildman–Crippen MR) is 124 cm³/mol. The fraction of sp³-hybridized carbons (Fsp3) is 0.0435. The Bertz CT molecular complexity index is 1370. The van der Waals surface area contributed by atoms with Gasteiger partial charge in [0.2, 0.25) is 5.91 Å². The van der Waals surface area contributed by atoms with Gasteiger partial charge in [0.05, 0.1) is 15.5 Å². The first kappa shape index (κ1) is 23.3. The SMILES string of the molecule is O=C(CN1C(=O)S/C(=C\c2ccc(-c3ccc(Cl)c(C(=O)O)c3)o2)C1=O)Nc1cccc(F)c1. The summed E-state index contributed by atoms with van der Waals surface area (Å²) in [5.74, 6) is -2.49. The van der Waals surface area contributed by atoms with E-state index >= 15 is 0 Å². The summed E-state index contributed by atoms with van der Waals surface area (Å²) < 4.78 is 18.9. The third-order valence-electron chi connectivity index (χ3n) is 4.67. The molecule has 172 valence electrons. The van der Waals surface area contributed by atoms with Crippen molar-refractivity contribution >= 4 is 58.1 Å². The average Bonchev–Trinajstić information content (AvgIpc) is 3.34. The lowest BCUT2D eigenvalue weighted by Gasteiger charge is -2.12. The minimum atomic E-state index is -1.19. The Morgan fingerprint density at radius 3 is 2.68 bits per heavy atom. The third kappa shape index (κ3) is 5.03. The van der Waals surface area contributed by atoms with Gasteiger partial charge >= 0.3 is 5.97 Å². The highest BCUT2D eigenvalue weighted by molar-refractivity contribution is 8.18. The van der Waals surface area contributed by atoms with Crippen molar-refractivity contribution in [3.8, 4) is 11.3 Å². The van der Waals surface area contributed by atoms with E-state index in [4.69, 9.17) is 16.0 Å². The molecule has 8 nitrogen and oxygen atoms in total. The number of aromatic carboxylic acids is 1. The van der Waals surface area contributed by atoms with Gasteiger partial charge in [0.1, 0.15) is 23.9 Å². The van der Waals surface area contributed by atoms with Crippen LogP contribution in [0.5, 0.6) is 0 Å². The molecule has 34 heavy (non-hydrogen) atoms. The van der Waals surface area contributed by atoms with E-state index in [1.807, 2.05) is 0 Å². The standard InChI is InChI=1S/C23H14ClFN2O6S/c24-17-6-4-12(8-16(17)22(30)31)18-7-5-15(33-18)10-19-21(29)27(23(32)34-19)11-20(28)26-14-3-1-2-13(25)9-14/h1-10H,11H2,(H,26,28)(H,30,31)/b19-10-. The molecule has 3 aromatic rings. The second kappa shape index (κ2) is 9.54. The number of hydrogen-bond donors (Lipinski definition) is 2. The van der Waals surface area contributed by atoms with E-state index in [2.05, 4.69) is 5.32 Å². The van der Waals surface area contributed by atoms with Gasteiger partial charge in [0.25, 0.3) is 11.1 Å². The lowest BCUT2D eigenvalue weighted by Crippen LogP contribution is -2.36. The zero-order valence-corrected chi connectivity index (χ0v) is 18.7. The summed E-state index contributed by atoms with van der Waals surface area (Å²) in [7, 11) is 0. The number of thioether (sulfide) groups is 1. The molecule has 1 aromatic heterocycles. The first-order chi connectivity index (χ1) is 16.2. The summed E-state index contributed by atoms with van der Waals surface area (Å²) in [6.45, 7) is -0.537. The largest absolute Gasteiger partial charge is 0.478 e. The van der Waals surface area contributed by atoms with Crippen LogP contribution in [0.3, 0.4) is 0 Å². The van der Waals surface area contributed by atoms with Crippen molar-refractivity contribution in [3.05, 3.63) is 81.7 Å². The van der Waals surface area contributed by atoms with Crippen LogP contribution in [0, 0.1) is 5.82 Å². The van der Waals surface area contributed by atoms with Crippen LogP contribution < -0.4 is 5.32 Å². The number of amides is 3. The molecule has 2 N–H and O–H groups in total. The number of nitrogens with zero attached hydrogens (tertiary/aromatic N) is 1. The van der Waals surface area contributed by atoms with E-state index in [-0.39, 0.29) is 26.9 Å². The van der Waals surface area contributed by atoms with Crippen molar-refractivity contribution < 1.29 is 33.1 Å². The lowest BCUT2D eigenvalue weighted by molar-refractivity contribution is -0.127. The number of carboxylic acid groups (broad SMARTS) is 1. The number of rotatable bonds is 6. The molecule has 0 unspecified atom stereocenters. The normalized spacial score (nSPS) is 14.6. The van der Waals surface area contributed by atoms with E-state index in [9.17, 15) is 28.7 Å². The monoisotopic (exact) mass is 500 g/mol. The summed E-state index contributed by atoms with van der Waals surface area (Å²) in [6.07, 6.45) is 1.35. The smallest absolute Gasteiger partial charge is 0.337 e. The number of benzene rings is 2. The molecule has 2 aromatic carbocycles. The van der Waals surface area contributed by atoms with Gasteiger partial charge in [0, 0.05) is 17.3 Å². The maximum Gasteiger partial charge on any atom is 0.337 e. The van der Waals surface area contributed by atoms with Crippen LogP contribution in [0.1, 0.15) is 16.1 Å². The van der Waals surface area contributed by atoms with Gasteiger partial charge in [-0.3, -0.25) is 19.3 Å². The van der Waals surface area contributed by atoms with Crippen molar-refractivity contribution in [1.82, 2.24) is 4.90 Å². The molecule has 4 rings (SSSR count). The molecule has 0 radical (unpaired) electrons. The molecular formula is C23H14ClFN2O6S. The number of anilines is 1. The van der Waals surface area contributed by atoms with Crippen molar-refractivity contribution in [2.45, 2.75) is 0 Å². The highest BCUT2D eigenvalue weighted by Crippen LogP contribution is 2.34. The Kier molecular flexibility index (Phi) is 6.53. The molecule has 1 fully saturated rings. The fourth-order valence-corrected chi connectivity index (χ4v) is 4.12. The Labute approximate surface area is 201 Å². The molecule has 2 heterocycles. The quantitative estimate of drug-likeness (QED) is 0.451. The summed E-state index contributed by atoms with van der Waals surface area (Å²) in [4.78, 5) is 49.2. The highest BCUT2D eigenvalue weighted by atomic mass is 35.5. The van der Waals surface area contributed by atoms with E-state index in [0.717, 1.165) is 11.0 Å². The predicted octanol–water partition coefficient (Wildman–Crippen LogP) is 5.11. The zero-order chi connectivity index (χ0) is 24.4. The first-order valence-electron chi connectivity index (χ1n) is 9.65. The van der Waals surface area contributed by atoms with Crippen molar-refractivity contribution in [3.63, 3.8) is 0 Å². The molecule has 1 aliphatic rings. The number of hydrogen-bond acceptors (Lipinski definition) is 6. The topological polar surface area (TPSA) is 117 Å². The number of carboxylic acids is 1. The van der Waals surface area contributed by atoms with Gasteiger partial charge in [-0.2, -0.15) is 0 Å². The first-order valence-corrected chi connectivity index (χ1v) is 10.8. The Balaban J connectivity index is 1.47. The van der Waals surface area contributed by atoms with Crippen LogP contribution in [0.25, 0.3) is 17.4 Å². The molecule has 0 atom stereocenters. The number of imide groups is 1. The van der Waals surface area contributed by atoms with Crippen molar-refractivity contribution in [1.29, 1.82) is 0 Å². The highest BCUT2D eigenvalue weighted by Gasteiger charge is 2.36. The van der Waals surface area contributed by atoms with Gasteiger partial charge < -0.3 is 14.8 Å². The number of furan rings is 1. The van der Waals surface area contributed by atoms with E-state index in [1.165, 1.54) is 36.4 Å². The van der Waals surface area contributed by atoms with Crippen LogP contribution in [-0.4, -0.2) is 39.6 Å². The van der Waals surface area contributed by atoms with Crippen LogP contribution in [0.4, 0.5) is 14.9 Å². The number of halogens is 2. The van der Waals surface area contributed by atoms with Gasteiger partial charge in [-0.15, -0.1) is 0 Å². The molecular weight excluding hydrogens is 487 g/mol. The number of nitrogens with one attached hydrogen (secondary N) is 1. The Hall–Kier alpha value is -3.89. The summed E-state index contributed by atoms with van der Waals surface area (Å²) in [6, 6.07) is 12.7. The molecule has 0 aliphatic carbocycles. The van der Waals surface area contributed by atoms with Crippen LogP contribution in [0.15, 0.2) is 63.9 Å². The van der Waals surface area contributed by atoms with E-state index < -0.39 is 35.4 Å². The summed E-state index contributed by atoms with van der Waals surface area (Å²) >= 11 is 6.53. The number of carbonyl (C=O) groups excluding carboxylic acids is 3. The molecule has 3 amide bonds. The lowest BCUT2D eigenvalue weighted by atomic mass is 10.1. The molecule has 0 bridgehead atoms. The fourth-order valence-electron chi connectivity index (χ4n) is 3.10. The average molecular weight is 501 g/mol. The summed E-state index contributed by atoms with van der Waals surface area (Å²) in [5.41, 5.74) is 0.571.